The zero-order valence-electron chi connectivity index (χ0n) is 8.76. The number of thiophene rings is 1. The SMILES string of the molecule is O=C(O)/C(=C/c1cccs1)c1cccc(Cl)c1. The van der Waals surface area contributed by atoms with Gasteiger partial charge in [-0.3, -0.25) is 0 Å². The van der Waals surface area contributed by atoms with Crippen molar-refractivity contribution in [2.24, 2.45) is 0 Å². The molecular weight excluding hydrogens is 256 g/mol. The average molecular weight is 265 g/mol. The minimum atomic E-state index is -0.958. The van der Waals surface area contributed by atoms with Gasteiger partial charge in [-0.2, -0.15) is 0 Å². The molecule has 1 N–H and O–H groups in total. The normalized spacial score (nSPS) is 11.5. The van der Waals surface area contributed by atoms with Crippen molar-refractivity contribution in [3.8, 4) is 0 Å². The fourth-order valence-corrected chi connectivity index (χ4v) is 2.29. The van der Waals surface area contributed by atoms with Crippen molar-refractivity contribution in [1.82, 2.24) is 0 Å². The van der Waals surface area contributed by atoms with Gasteiger partial charge in [-0.15, -0.1) is 11.3 Å². The van der Waals surface area contributed by atoms with Crippen molar-refractivity contribution < 1.29 is 9.90 Å². The van der Waals surface area contributed by atoms with E-state index in [9.17, 15) is 9.90 Å². The van der Waals surface area contributed by atoms with Gasteiger partial charge in [0, 0.05) is 9.90 Å². The Labute approximate surface area is 108 Å². The summed E-state index contributed by atoms with van der Waals surface area (Å²) in [5, 5.41) is 11.6. The van der Waals surface area contributed by atoms with E-state index in [2.05, 4.69) is 0 Å². The summed E-state index contributed by atoms with van der Waals surface area (Å²) in [7, 11) is 0. The van der Waals surface area contributed by atoms with E-state index >= 15 is 0 Å². The molecule has 4 heteroatoms. The number of carbonyl (C=O) groups is 1. The zero-order valence-corrected chi connectivity index (χ0v) is 10.3. The molecule has 0 atom stereocenters. The Hall–Kier alpha value is -1.58. The predicted octanol–water partition coefficient (Wildman–Crippen LogP) is 4.03. The van der Waals surface area contributed by atoms with Gasteiger partial charge in [0.25, 0.3) is 0 Å². The summed E-state index contributed by atoms with van der Waals surface area (Å²) in [6, 6.07) is 10.6. The second-order valence-corrected chi connectivity index (χ2v) is 4.80. The van der Waals surface area contributed by atoms with E-state index in [1.807, 2.05) is 17.5 Å². The summed E-state index contributed by atoms with van der Waals surface area (Å²) in [5.41, 5.74) is 0.855. The van der Waals surface area contributed by atoms with Gasteiger partial charge in [-0.25, -0.2) is 4.79 Å². The molecule has 1 aromatic carbocycles. The Morgan fingerprint density at radius 1 is 1.29 bits per heavy atom. The first-order valence-electron chi connectivity index (χ1n) is 4.91. The van der Waals surface area contributed by atoms with Crippen LogP contribution >= 0.6 is 22.9 Å². The van der Waals surface area contributed by atoms with Crippen LogP contribution in [0.4, 0.5) is 0 Å². The van der Waals surface area contributed by atoms with E-state index < -0.39 is 5.97 Å². The molecule has 0 saturated heterocycles. The van der Waals surface area contributed by atoms with Crippen LogP contribution in [0.1, 0.15) is 10.4 Å². The first-order chi connectivity index (χ1) is 8.16. The molecule has 1 heterocycles. The Bertz CT molecular complexity index is 559. The van der Waals surface area contributed by atoms with Crippen LogP contribution in [0.2, 0.25) is 5.02 Å². The van der Waals surface area contributed by atoms with E-state index in [0.717, 1.165) is 4.88 Å². The van der Waals surface area contributed by atoms with Gasteiger partial charge < -0.3 is 5.11 Å². The van der Waals surface area contributed by atoms with Gasteiger partial charge in [-0.05, 0) is 35.2 Å². The van der Waals surface area contributed by atoms with Crippen molar-refractivity contribution in [1.29, 1.82) is 0 Å². The van der Waals surface area contributed by atoms with E-state index in [4.69, 9.17) is 11.6 Å². The number of benzene rings is 1. The van der Waals surface area contributed by atoms with Crippen LogP contribution in [-0.4, -0.2) is 11.1 Å². The van der Waals surface area contributed by atoms with Crippen LogP contribution in [0.3, 0.4) is 0 Å². The standard InChI is InChI=1S/C13H9ClO2S/c14-10-4-1-3-9(7-10)12(13(15)16)8-11-5-2-6-17-11/h1-8H,(H,15,16)/b12-8+. The lowest BCUT2D eigenvalue weighted by Crippen LogP contribution is -1.99. The molecule has 0 aliphatic rings. The summed E-state index contributed by atoms with van der Waals surface area (Å²) in [6.45, 7) is 0. The molecule has 2 aromatic rings. The van der Waals surface area contributed by atoms with Crippen LogP contribution < -0.4 is 0 Å². The van der Waals surface area contributed by atoms with Crippen LogP contribution in [0.15, 0.2) is 41.8 Å². The predicted molar refractivity (Wildman–Crippen MR) is 71.3 cm³/mol. The lowest BCUT2D eigenvalue weighted by Gasteiger charge is -2.02. The minimum absolute atomic E-state index is 0.245. The van der Waals surface area contributed by atoms with Gasteiger partial charge in [0.05, 0.1) is 5.57 Å². The highest BCUT2D eigenvalue weighted by Gasteiger charge is 2.10. The first-order valence-corrected chi connectivity index (χ1v) is 6.17. The van der Waals surface area contributed by atoms with Crippen LogP contribution in [-0.2, 0) is 4.79 Å². The van der Waals surface area contributed by atoms with Crippen LogP contribution in [0.25, 0.3) is 11.6 Å². The number of aliphatic carboxylic acids is 1. The molecule has 0 fully saturated rings. The summed E-state index contributed by atoms with van der Waals surface area (Å²) < 4.78 is 0. The maximum atomic E-state index is 11.2. The van der Waals surface area contributed by atoms with Gasteiger partial charge in [0.2, 0.25) is 0 Å². The molecule has 86 valence electrons. The number of carboxylic acids is 1. The second-order valence-electron chi connectivity index (χ2n) is 3.39. The number of hydrogen-bond acceptors (Lipinski definition) is 2. The molecule has 0 aliphatic carbocycles. The van der Waals surface area contributed by atoms with Gasteiger partial charge >= 0.3 is 5.97 Å². The van der Waals surface area contributed by atoms with Gasteiger partial charge in [-0.1, -0.05) is 29.8 Å². The zero-order chi connectivity index (χ0) is 12.3. The van der Waals surface area contributed by atoms with Crippen LogP contribution in [0, 0.1) is 0 Å². The highest BCUT2D eigenvalue weighted by atomic mass is 35.5. The lowest BCUT2D eigenvalue weighted by molar-refractivity contribution is -0.130. The Morgan fingerprint density at radius 2 is 2.12 bits per heavy atom. The van der Waals surface area contributed by atoms with E-state index in [0.29, 0.717) is 10.6 Å². The van der Waals surface area contributed by atoms with Crippen molar-refractivity contribution in [2.75, 3.05) is 0 Å². The Kier molecular flexibility index (Phi) is 3.61. The number of carboxylic acid groups (broad SMARTS) is 1. The lowest BCUT2D eigenvalue weighted by atomic mass is 10.1. The average Bonchev–Trinajstić information content (AvgIpc) is 2.78. The molecule has 1 aromatic heterocycles. The molecule has 0 saturated carbocycles. The third-order valence-electron chi connectivity index (χ3n) is 2.20. The number of halogens is 1. The van der Waals surface area contributed by atoms with Gasteiger partial charge in [0.15, 0.2) is 0 Å². The minimum Gasteiger partial charge on any atom is -0.478 e. The molecule has 0 spiro atoms. The molecule has 2 nitrogen and oxygen atoms in total. The second kappa shape index (κ2) is 5.17. The number of rotatable bonds is 3. The van der Waals surface area contributed by atoms with Crippen molar-refractivity contribution in [2.45, 2.75) is 0 Å². The Morgan fingerprint density at radius 3 is 2.71 bits per heavy atom. The topological polar surface area (TPSA) is 37.3 Å². The summed E-state index contributed by atoms with van der Waals surface area (Å²) in [5.74, 6) is -0.958. The molecule has 0 amide bonds. The Balaban J connectivity index is 2.46. The molecule has 0 unspecified atom stereocenters. The van der Waals surface area contributed by atoms with E-state index in [-0.39, 0.29) is 5.57 Å². The molecule has 2 rings (SSSR count). The quantitative estimate of drug-likeness (QED) is 0.850. The number of hydrogen-bond donors (Lipinski definition) is 1. The maximum Gasteiger partial charge on any atom is 0.336 e. The molecule has 0 radical (unpaired) electrons. The summed E-state index contributed by atoms with van der Waals surface area (Å²) in [4.78, 5) is 12.1. The smallest absolute Gasteiger partial charge is 0.336 e. The third kappa shape index (κ3) is 2.96. The van der Waals surface area contributed by atoms with Gasteiger partial charge in [0.1, 0.15) is 0 Å². The summed E-state index contributed by atoms with van der Waals surface area (Å²) >= 11 is 7.35. The molecule has 17 heavy (non-hydrogen) atoms. The highest BCUT2D eigenvalue weighted by Crippen LogP contribution is 2.23. The molecule has 0 bridgehead atoms. The van der Waals surface area contributed by atoms with Crippen molar-refractivity contribution in [3.05, 3.63) is 57.2 Å². The molecular formula is C13H9ClO2S. The van der Waals surface area contributed by atoms with Crippen molar-refractivity contribution >= 4 is 40.6 Å². The monoisotopic (exact) mass is 264 g/mol. The third-order valence-corrected chi connectivity index (χ3v) is 3.25. The fraction of sp³-hybridized carbons (Fsp3) is 0. The maximum absolute atomic E-state index is 11.2. The first kappa shape index (κ1) is 11.9. The highest BCUT2D eigenvalue weighted by molar-refractivity contribution is 7.10. The molecule has 0 aliphatic heterocycles. The van der Waals surface area contributed by atoms with E-state index in [1.165, 1.54) is 11.3 Å². The fourth-order valence-electron chi connectivity index (χ4n) is 1.44. The van der Waals surface area contributed by atoms with Crippen molar-refractivity contribution in [3.63, 3.8) is 0 Å². The summed E-state index contributed by atoms with van der Waals surface area (Å²) in [6.07, 6.45) is 1.65. The van der Waals surface area contributed by atoms with E-state index in [1.54, 1.807) is 30.3 Å². The largest absolute Gasteiger partial charge is 0.478 e. The van der Waals surface area contributed by atoms with Crippen LogP contribution in [0.5, 0.6) is 0 Å².